The van der Waals surface area contributed by atoms with Crippen molar-refractivity contribution in [2.75, 3.05) is 0 Å². The van der Waals surface area contributed by atoms with Crippen LogP contribution in [0.25, 0.3) is 49.7 Å². The minimum absolute atomic E-state index is 0.00149. The first-order valence-electron chi connectivity index (χ1n) is 21.4. The summed E-state index contributed by atoms with van der Waals surface area (Å²) in [6.45, 7) is 27.3. The van der Waals surface area contributed by atoms with Crippen LogP contribution in [0, 0.1) is 0 Å². The summed E-state index contributed by atoms with van der Waals surface area (Å²) in [5.41, 5.74) is 16.5. The fraction of sp³-hybridized carbons (Fsp3) is 0.345. The van der Waals surface area contributed by atoms with Gasteiger partial charge in [-0.25, -0.2) is 8.42 Å². The second-order valence-electron chi connectivity index (χ2n) is 21.5. The first-order valence-corrected chi connectivity index (χ1v) is 22.9. The van der Waals surface area contributed by atoms with Crippen molar-refractivity contribution in [3.05, 3.63) is 148 Å². The lowest BCUT2D eigenvalue weighted by Crippen LogP contribution is -2.13. The van der Waals surface area contributed by atoms with Gasteiger partial charge in [0.25, 0.3) is 0 Å². The van der Waals surface area contributed by atoms with Crippen LogP contribution >= 0.6 is 0 Å². The van der Waals surface area contributed by atoms with E-state index in [2.05, 4.69) is 179 Å². The standard InChI is InChI=1S/C55H59NO2S/c1-52(2,3)35-16-13-33-14-21-40(41-22-17-36(53(4,5)6)29-43(41)42(33)28-35)34-15-25-50-46(27-34)47-32-39(20-26-51(47)59(50,57)58)56-48-23-18-37(54(7,8)9)30-44(48)45-31-38(55(10,11)12)19-24-49(45)56/h13,15-20,22-32,40H,14,21H2,1-12H3. The zero-order valence-electron chi connectivity index (χ0n) is 37.1. The van der Waals surface area contributed by atoms with E-state index in [1.54, 1.807) is 0 Å². The number of sulfone groups is 1. The topological polar surface area (TPSA) is 39.1 Å². The molecule has 0 amide bonds. The number of benzene rings is 6. The molecular formula is C55H59NO2S. The van der Waals surface area contributed by atoms with E-state index in [1.807, 2.05) is 18.2 Å². The predicted octanol–water partition coefficient (Wildman–Crippen LogP) is 14.5. The van der Waals surface area contributed by atoms with Gasteiger partial charge in [0.1, 0.15) is 0 Å². The third-order valence-electron chi connectivity index (χ3n) is 13.3. The number of rotatable bonds is 2. The molecule has 2 aliphatic rings. The Morgan fingerprint density at radius 3 is 1.51 bits per heavy atom. The largest absolute Gasteiger partial charge is 0.309 e. The molecule has 0 radical (unpaired) electrons. The Kier molecular flexibility index (Phi) is 8.73. The van der Waals surface area contributed by atoms with Crippen molar-refractivity contribution >= 4 is 31.6 Å². The van der Waals surface area contributed by atoms with Crippen LogP contribution in [0.2, 0.25) is 0 Å². The molecule has 7 aromatic rings. The monoisotopic (exact) mass is 797 g/mol. The number of nitrogens with zero attached hydrogens (tertiary/aromatic N) is 1. The van der Waals surface area contributed by atoms with Crippen LogP contribution < -0.4 is 0 Å². The van der Waals surface area contributed by atoms with E-state index < -0.39 is 9.84 Å². The molecule has 1 aliphatic carbocycles. The number of fused-ring (bicyclic) bond motifs is 9. The summed E-state index contributed by atoms with van der Waals surface area (Å²) in [6, 6.07) is 40.0. The highest BCUT2D eigenvalue weighted by molar-refractivity contribution is 7.92. The molecule has 4 heteroatoms. The van der Waals surface area contributed by atoms with Crippen LogP contribution in [-0.4, -0.2) is 13.0 Å². The summed E-state index contributed by atoms with van der Waals surface area (Å²) in [5, 5.41) is 2.43. The lowest BCUT2D eigenvalue weighted by Gasteiger charge is -2.25. The van der Waals surface area contributed by atoms with E-state index in [-0.39, 0.29) is 27.6 Å². The minimum atomic E-state index is -3.69. The van der Waals surface area contributed by atoms with E-state index in [4.69, 9.17) is 0 Å². The predicted molar refractivity (Wildman–Crippen MR) is 249 cm³/mol. The SMILES string of the molecule is CC(C)(C)c1ccc2c(c1)-c1cc(C(C)(C)C)ccc1C(c1ccc3c(c1)-c1cc(-n4c5ccc(C(C)(C)C)cc5c5cc(C(C)(C)C)ccc54)ccc1S3(=O)=O)CC2. The molecule has 0 saturated heterocycles. The maximum atomic E-state index is 14.3. The number of hydrogen-bond acceptors (Lipinski definition) is 2. The lowest BCUT2D eigenvalue weighted by atomic mass is 9.79. The van der Waals surface area contributed by atoms with Gasteiger partial charge in [0.15, 0.2) is 0 Å². The maximum Gasteiger partial charge on any atom is 0.207 e. The Morgan fingerprint density at radius 2 is 0.949 bits per heavy atom. The molecule has 3 nitrogen and oxygen atoms in total. The van der Waals surface area contributed by atoms with Crippen LogP contribution in [0.1, 0.15) is 134 Å². The van der Waals surface area contributed by atoms with Crippen molar-refractivity contribution in [3.8, 4) is 27.9 Å². The molecule has 302 valence electrons. The van der Waals surface area contributed by atoms with Crippen molar-refractivity contribution in [1.29, 1.82) is 0 Å². The summed E-state index contributed by atoms with van der Waals surface area (Å²) in [6.07, 6.45) is 1.89. The summed E-state index contributed by atoms with van der Waals surface area (Å²) in [7, 11) is -3.69. The van der Waals surface area contributed by atoms with Gasteiger partial charge >= 0.3 is 0 Å². The van der Waals surface area contributed by atoms with Crippen LogP contribution in [0.15, 0.2) is 119 Å². The molecule has 0 bridgehead atoms. The van der Waals surface area contributed by atoms with Crippen LogP contribution in [-0.2, 0) is 37.9 Å². The normalized spacial score (nSPS) is 16.4. The number of aryl methyl sites for hydroxylation is 1. The first kappa shape index (κ1) is 39.5. The van der Waals surface area contributed by atoms with Crippen molar-refractivity contribution in [2.24, 2.45) is 0 Å². The van der Waals surface area contributed by atoms with Gasteiger partial charge in [0.05, 0.1) is 20.8 Å². The maximum absolute atomic E-state index is 14.3. The molecule has 1 unspecified atom stereocenters. The molecule has 2 heterocycles. The third-order valence-corrected chi connectivity index (χ3v) is 15.1. The van der Waals surface area contributed by atoms with Gasteiger partial charge < -0.3 is 4.57 Å². The highest BCUT2D eigenvalue weighted by Crippen LogP contribution is 2.49. The van der Waals surface area contributed by atoms with Crippen molar-refractivity contribution in [1.82, 2.24) is 4.57 Å². The number of hydrogen-bond donors (Lipinski definition) is 0. The van der Waals surface area contributed by atoms with Gasteiger partial charge in [-0.3, -0.25) is 0 Å². The van der Waals surface area contributed by atoms with Gasteiger partial charge in [0.2, 0.25) is 9.84 Å². The molecule has 1 atom stereocenters. The second kappa shape index (κ2) is 13.0. The zero-order chi connectivity index (χ0) is 42.2. The molecule has 1 aromatic heterocycles. The van der Waals surface area contributed by atoms with Crippen molar-refractivity contribution in [2.45, 2.75) is 133 Å². The Hall–Kier alpha value is -4.93. The molecule has 0 fully saturated rings. The fourth-order valence-corrected chi connectivity index (χ4v) is 11.2. The molecule has 0 N–H and O–H groups in total. The summed E-state index contributed by atoms with van der Waals surface area (Å²) >= 11 is 0. The highest BCUT2D eigenvalue weighted by atomic mass is 32.2. The lowest BCUT2D eigenvalue weighted by molar-refractivity contribution is 0.589. The van der Waals surface area contributed by atoms with Gasteiger partial charge in [-0.15, -0.1) is 0 Å². The van der Waals surface area contributed by atoms with Gasteiger partial charge in [-0.2, -0.15) is 0 Å². The molecular weight excluding hydrogens is 739 g/mol. The second-order valence-corrected chi connectivity index (χ2v) is 23.4. The van der Waals surface area contributed by atoms with E-state index >= 15 is 0 Å². The summed E-state index contributed by atoms with van der Waals surface area (Å²) < 4.78 is 30.9. The Labute approximate surface area is 352 Å². The Bertz CT molecular complexity index is 2910. The smallest absolute Gasteiger partial charge is 0.207 e. The summed E-state index contributed by atoms with van der Waals surface area (Å²) in [4.78, 5) is 0.785. The average Bonchev–Trinajstić information content (AvgIpc) is 3.53. The number of aromatic nitrogens is 1. The molecule has 0 saturated carbocycles. The van der Waals surface area contributed by atoms with Gasteiger partial charge in [-0.05, 0) is 139 Å². The average molecular weight is 798 g/mol. The molecule has 1 aliphatic heterocycles. The first-order chi connectivity index (χ1) is 27.5. The third kappa shape index (κ3) is 6.49. The van der Waals surface area contributed by atoms with E-state index in [1.165, 1.54) is 55.3 Å². The van der Waals surface area contributed by atoms with Crippen LogP contribution in [0.4, 0.5) is 0 Å². The molecule has 6 aromatic carbocycles. The molecule has 9 rings (SSSR count). The quantitative estimate of drug-likeness (QED) is 0.175. The van der Waals surface area contributed by atoms with Crippen LogP contribution in [0.5, 0.6) is 0 Å². The van der Waals surface area contributed by atoms with E-state index in [9.17, 15) is 8.42 Å². The highest BCUT2D eigenvalue weighted by Gasteiger charge is 2.35. The van der Waals surface area contributed by atoms with Crippen molar-refractivity contribution < 1.29 is 8.42 Å². The molecule has 0 spiro atoms. The molecule has 59 heavy (non-hydrogen) atoms. The minimum Gasteiger partial charge on any atom is -0.309 e. The van der Waals surface area contributed by atoms with Gasteiger partial charge in [0, 0.05) is 33.5 Å². The zero-order valence-corrected chi connectivity index (χ0v) is 37.9. The fourth-order valence-electron chi connectivity index (χ4n) is 9.54. The Morgan fingerprint density at radius 1 is 0.475 bits per heavy atom. The van der Waals surface area contributed by atoms with Gasteiger partial charge in [-0.1, -0.05) is 138 Å². The van der Waals surface area contributed by atoms with E-state index in [0.29, 0.717) is 9.79 Å². The van der Waals surface area contributed by atoms with Crippen molar-refractivity contribution in [3.63, 3.8) is 0 Å². The Balaban J connectivity index is 1.22. The van der Waals surface area contributed by atoms with Crippen LogP contribution in [0.3, 0.4) is 0 Å². The summed E-state index contributed by atoms with van der Waals surface area (Å²) in [5.74, 6) is 0.108. The van der Waals surface area contributed by atoms with E-state index in [0.717, 1.165) is 46.3 Å².